The number of carbonyl (C=O) groups is 1. The molecule has 1 heterocycles. The third-order valence-electron chi connectivity index (χ3n) is 5.37. The van der Waals surface area contributed by atoms with Crippen LogP contribution in [-0.2, 0) is 23.0 Å². The smallest absolute Gasteiger partial charge is 0.264 e. The van der Waals surface area contributed by atoms with Gasteiger partial charge in [0.05, 0.1) is 21.2 Å². The third kappa shape index (κ3) is 4.45. The molecular formula is C24H23ClN2O3S. The van der Waals surface area contributed by atoms with Crippen LogP contribution in [0.1, 0.15) is 33.5 Å². The summed E-state index contributed by atoms with van der Waals surface area (Å²) in [4.78, 5) is 12.8. The minimum atomic E-state index is -3.83. The maximum atomic E-state index is 13.4. The number of para-hydroxylation sites is 1. The molecule has 7 heteroatoms. The SMILES string of the molecule is Cc1cccc(CNC(=O)c2cc(S(=O)(=O)N3CCCc4ccccc43)ccc2Cl)c1. The molecule has 0 saturated heterocycles. The van der Waals surface area contributed by atoms with E-state index in [4.69, 9.17) is 11.6 Å². The Bertz CT molecular complexity index is 1240. The monoisotopic (exact) mass is 454 g/mol. The number of fused-ring (bicyclic) bond motifs is 1. The second-order valence-corrected chi connectivity index (χ2v) is 9.89. The number of benzene rings is 3. The molecule has 0 unspecified atom stereocenters. The number of halogens is 1. The lowest BCUT2D eigenvalue weighted by Gasteiger charge is -2.30. The van der Waals surface area contributed by atoms with Crippen molar-refractivity contribution in [1.29, 1.82) is 0 Å². The van der Waals surface area contributed by atoms with Gasteiger partial charge in [0.15, 0.2) is 0 Å². The fourth-order valence-corrected chi connectivity index (χ4v) is 5.59. The Labute approximate surface area is 187 Å². The van der Waals surface area contributed by atoms with Crippen LogP contribution in [-0.4, -0.2) is 20.9 Å². The molecule has 0 spiro atoms. The number of nitrogens with zero attached hydrogens (tertiary/aromatic N) is 1. The largest absolute Gasteiger partial charge is 0.348 e. The standard InChI is InChI=1S/C24H23ClN2O3S/c1-17-6-4-7-18(14-17)16-26-24(28)21-15-20(11-12-22(21)25)31(29,30)27-13-5-9-19-8-2-3-10-23(19)27/h2-4,6-8,10-12,14-15H,5,9,13,16H2,1H3,(H,26,28). The first-order valence-electron chi connectivity index (χ1n) is 10.1. The average Bonchev–Trinajstić information content (AvgIpc) is 2.77. The van der Waals surface area contributed by atoms with Crippen LogP contribution in [0.2, 0.25) is 5.02 Å². The first-order chi connectivity index (χ1) is 14.9. The lowest BCUT2D eigenvalue weighted by atomic mass is 10.0. The summed E-state index contributed by atoms with van der Waals surface area (Å²) in [5.41, 5.74) is 3.88. The van der Waals surface area contributed by atoms with Crippen molar-refractivity contribution in [3.63, 3.8) is 0 Å². The molecule has 31 heavy (non-hydrogen) atoms. The Morgan fingerprint density at radius 2 is 1.87 bits per heavy atom. The van der Waals surface area contributed by atoms with Crippen molar-refractivity contribution < 1.29 is 13.2 Å². The highest BCUT2D eigenvalue weighted by Gasteiger charge is 2.29. The maximum absolute atomic E-state index is 13.4. The summed E-state index contributed by atoms with van der Waals surface area (Å²) in [5.74, 6) is -0.414. The topological polar surface area (TPSA) is 66.5 Å². The average molecular weight is 455 g/mol. The number of anilines is 1. The van der Waals surface area contributed by atoms with Gasteiger partial charge in [0.25, 0.3) is 15.9 Å². The van der Waals surface area contributed by atoms with Gasteiger partial charge in [-0.05, 0) is 55.2 Å². The number of hydrogen-bond donors (Lipinski definition) is 1. The van der Waals surface area contributed by atoms with E-state index in [2.05, 4.69) is 5.32 Å². The van der Waals surface area contributed by atoms with Crippen molar-refractivity contribution in [1.82, 2.24) is 5.32 Å². The molecule has 0 aromatic heterocycles. The van der Waals surface area contributed by atoms with Crippen LogP contribution in [0, 0.1) is 6.92 Å². The molecule has 0 saturated carbocycles. The van der Waals surface area contributed by atoms with Crippen molar-refractivity contribution in [3.8, 4) is 0 Å². The highest BCUT2D eigenvalue weighted by atomic mass is 35.5. The molecule has 0 fully saturated rings. The van der Waals surface area contributed by atoms with E-state index in [1.165, 1.54) is 22.5 Å². The van der Waals surface area contributed by atoms with Gasteiger partial charge in [-0.2, -0.15) is 0 Å². The summed E-state index contributed by atoms with van der Waals surface area (Å²) < 4.78 is 28.2. The zero-order valence-electron chi connectivity index (χ0n) is 17.1. The van der Waals surface area contributed by atoms with E-state index >= 15 is 0 Å². The van der Waals surface area contributed by atoms with Crippen molar-refractivity contribution in [2.45, 2.75) is 31.2 Å². The van der Waals surface area contributed by atoms with E-state index in [0.717, 1.165) is 29.5 Å². The van der Waals surface area contributed by atoms with E-state index < -0.39 is 15.9 Å². The molecule has 1 aliphatic rings. The van der Waals surface area contributed by atoms with E-state index in [-0.39, 0.29) is 15.5 Å². The summed E-state index contributed by atoms with van der Waals surface area (Å²) in [6.45, 7) is 2.71. The Hall–Kier alpha value is -2.83. The molecule has 1 amide bonds. The highest BCUT2D eigenvalue weighted by molar-refractivity contribution is 7.92. The number of sulfonamides is 1. The highest BCUT2D eigenvalue weighted by Crippen LogP contribution is 2.32. The fourth-order valence-electron chi connectivity index (χ4n) is 3.81. The number of amides is 1. The van der Waals surface area contributed by atoms with Gasteiger partial charge in [0.1, 0.15) is 0 Å². The van der Waals surface area contributed by atoms with Crippen molar-refractivity contribution >= 4 is 33.2 Å². The van der Waals surface area contributed by atoms with Gasteiger partial charge < -0.3 is 5.32 Å². The molecule has 1 aliphatic heterocycles. The first-order valence-corrected chi connectivity index (χ1v) is 11.9. The Kier molecular flexibility index (Phi) is 6.03. The van der Waals surface area contributed by atoms with Gasteiger partial charge in [-0.1, -0.05) is 59.6 Å². The van der Waals surface area contributed by atoms with Crippen LogP contribution >= 0.6 is 11.6 Å². The zero-order valence-corrected chi connectivity index (χ0v) is 18.7. The fraction of sp³-hybridized carbons (Fsp3) is 0.208. The van der Waals surface area contributed by atoms with E-state index in [1.54, 1.807) is 0 Å². The summed E-state index contributed by atoms with van der Waals surface area (Å²) in [6, 6.07) is 19.6. The first kappa shape index (κ1) is 21.4. The zero-order chi connectivity index (χ0) is 22.0. The summed E-state index contributed by atoms with van der Waals surface area (Å²) in [7, 11) is -3.83. The van der Waals surface area contributed by atoms with Crippen LogP contribution in [0.5, 0.6) is 0 Å². The third-order valence-corrected chi connectivity index (χ3v) is 7.51. The normalized spacial score (nSPS) is 13.5. The molecule has 3 aromatic carbocycles. The van der Waals surface area contributed by atoms with Crippen molar-refractivity contribution in [2.75, 3.05) is 10.8 Å². The molecule has 1 N–H and O–H groups in total. The van der Waals surface area contributed by atoms with Crippen LogP contribution in [0.15, 0.2) is 71.6 Å². The second-order valence-electron chi connectivity index (χ2n) is 7.62. The minimum Gasteiger partial charge on any atom is -0.348 e. The van der Waals surface area contributed by atoms with Gasteiger partial charge in [-0.25, -0.2) is 8.42 Å². The molecule has 0 aliphatic carbocycles. The molecule has 5 nitrogen and oxygen atoms in total. The Morgan fingerprint density at radius 3 is 2.68 bits per heavy atom. The number of hydrogen-bond acceptors (Lipinski definition) is 3. The number of nitrogens with one attached hydrogen (secondary N) is 1. The van der Waals surface area contributed by atoms with E-state index in [0.29, 0.717) is 18.8 Å². The van der Waals surface area contributed by atoms with Crippen LogP contribution < -0.4 is 9.62 Å². The summed E-state index contributed by atoms with van der Waals surface area (Å²) >= 11 is 6.25. The predicted molar refractivity (Wildman–Crippen MR) is 123 cm³/mol. The second kappa shape index (κ2) is 8.73. The van der Waals surface area contributed by atoms with Gasteiger partial charge in [-0.3, -0.25) is 9.10 Å². The molecular weight excluding hydrogens is 432 g/mol. The Balaban J connectivity index is 1.61. The molecule has 0 bridgehead atoms. The predicted octanol–water partition coefficient (Wildman–Crippen LogP) is 4.72. The van der Waals surface area contributed by atoms with Gasteiger partial charge >= 0.3 is 0 Å². The van der Waals surface area contributed by atoms with Gasteiger partial charge in [0, 0.05) is 13.1 Å². The number of rotatable bonds is 5. The minimum absolute atomic E-state index is 0.0503. The molecule has 3 aromatic rings. The van der Waals surface area contributed by atoms with Gasteiger partial charge in [0.2, 0.25) is 0 Å². The molecule has 160 valence electrons. The van der Waals surface area contributed by atoms with Crippen LogP contribution in [0.4, 0.5) is 5.69 Å². The van der Waals surface area contributed by atoms with Crippen LogP contribution in [0.25, 0.3) is 0 Å². The van der Waals surface area contributed by atoms with Crippen molar-refractivity contribution in [2.24, 2.45) is 0 Å². The number of aryl methyl sites for hydroxylation is 2. The van der Waals surface area contributed by atoms with E-state index in [9.17, 15) is 13.2 Å². The summed E-state index contributed by atoms with van der Waals surface area (Å²) in [6.07, 6.45) is 1.59. The van der Waals surface area contributed by atoms with Gasteiger partial charge in [-0.15, -0.1) is 0 Å². The molecule has 4 rings (SSSR count). The Morgan fingerprint density at radius 1 is 1.06 bits per heavy atom. The van der Waals surface area contributed by atoms with E-state index in [1.807, 2.05) is 55.5 Å². The number of carbonyl (C=O) groups excluding carboxylic acids is 1. The summed E-state index contributed by atoms with van der Waals surface area (Å²) in [5, 5.41) is 3.03. The lowest BCUT2D eigenvalue weighted by molar-refractivity contribution is 0.0951. The quantitative estimate of drug-likeness (QED) is 0.606. The van der Waals surface area contributed by atoms with Crippen LogP contribution in [0.3, 0.4) is 0 Å². The van der Waals surface area contributed by atoms with Crippen molar-refractivity contribution in [3.05, 3.63) is 94.0 Å². The maximum Gasteiger partial charge on any atom is 0.264 e. The molecule has 0 atom stereocenters. The lowest BCUT2D eigenvalue weighted by Crippen LogP contribution is -2.35. The molecule has 0 radical (unpaired) electrons.